The van der Waals surface area contributed by atoms with Gasteiger partial charge in [0.25, 0.3) is 11.8 Å². The number of rotatable bonds is 6. The summed E-state index contributed by atoms with van der Waals surface area (Å²) >= 11 is 5.85. The molecule has 8 heteroatoms. The molecule has 0 saturated carbocycles. The molecule has 2 aromatic rings. The van der Waals surface area contributed by atoms with Gasteiger partial charge in [0.05, 0.1) is 6.26 Å². The van der Waals surface area contributed by atoms with Crippen molar-refractivity contribution in [2.45, 2.75) is 20.0 Å². The van der Waals surface area contributed by atoms with Crippen LogP contribution in [0, 0.1) is 6.92 Å². The molecule has 7 nitrogen and oxygen atoms in total. The third kappa shape index (κ3) is 5.36. The van der Waals surface area contributed by atoms with Crippen LogP contribution >= 0.6 is 11.6 Å². The zero-order valence-electron chi connectivity index (χ0n) is 13.6. The fraction of sp³-hybridized carbons (Fsp3) is 0.235. The Balaban J connectivity index is 1.80. The number of imide groups is 1. The first-order valence-electron chi connectivity index (χ1n) is 7.34. The first kappa shape index (κ1) is 18.5. The van der Waals surface area contributed by atoms with E-state index < -0.39 is 30.5 Å². The van der Waals surface area contributed by atoms with Crippen LogP contribution in [-0.2, 0) is 14.3 Å². The number of carbonyl (C=O) groups excluding carboxylic acids is 3. The molecule has 132 valence electrons. The van der Waals surface area contributed by atoms with Crippen molar-refractivity contribution in [3.8, 4) is 5.75 Å². The molecule has 0 aliphatic carbocycles. The number of furan rings is 1. The van der Waals surface area contributed by atoms with Gasteiger partial charge in [-0.25, -0.2) is 4.79 Å². The maximum Gasteiger partial charge on any atom is 0.347 e. The van der Waals surface area contributed by atoms with Gasteiger partial charge in [0.1, 0.15) is 5.75 Å². The molecule has 0 spiro atoms. The van der Waals surface area contributed by atoms with Gasteiger partial charge in [0, 0.05) is 5.02 Å². The van der Waals surface area contributed by atoms with Crippen LogP contribution in [0.25, 0.3) is 0 Å². The lowest BCUT2D eigenvalue weighted by Gasteiger charge is -2.15. The quantitative estimate of drug-likeness (QED) is 0.790. The zero-order chi connectivity index (χ0) is 18.4. The van der Waals surface area contributed by atoms with Crippen LogP contribution in [0.2, 0.25) is 5.02 Å². The summed E-state index contributed by atoms with van der Waals surface area (Å²) in [7, 11) is 0. The van der Waals surface area contributed by atoms with Crippen molar-refractivity contribution >= 4 is 29.4 Å². The van der Waals surface area contributed by atoms with E-state index in [-0.39, 0.29) is 5.76 Å². The number of carbonyl (C=O) groups is 3. The summed E-state index contributed by atoms with van der Waals surface area (Å²) < 4.78 is 15.2. The predicted octanol–water partition coefficient (Wildman–Crippen LogP) is 2.51. The van der Waals surface area contributed by atoms with Gasteiger partial charge in [-0.1, -0.05) is 11.6 Å². The summed E-state index contributed by atoms with van der Waals surface area (Å²) in [6, 6.07) is 7.88. The second-order valence-corrected chi connectivity index (χ2v) is 5.57. The topological polar surface area (TPSA) is 94.8 Å². The third-order valence-corrected chi connectivity index (χ3v) is 3.35. The van der Waals surface area contributed by atoms with Crippen LogP contribution in [0.3, 0.4) is 0 Å². The summed E-state index contributed by atoms with van der Waals surface area (Å²) in [5.74, 6) is -1.77. The number of hydrogen-bond donors (Lipinski definition) is 1. The van der Waals surface area contributed by atoms with Gasteiger partial charge in [-0.05, 0) is 49.7 Å². The lowest BCUT2D eigenvalue weighted by atomic mass is 10.2. The normalized spacial score (nSPS) is 11.5. The van der Waals surface area contributed by atoms with Gasteiger partial charge in [-0.2, -0.15) is 0 Å². The maximum atomic E-state index is 11.9. The van der Waals surface area contributed by atoms with E-state index in [1.807, 2.05) is 5.32 Å². The number of amides is 2. The predicted molar refractivity (Wildman–Crippen MR) is 88.4 cm³/mol. The molecule has 1 atom stereocenters. The van der Waals surface area contributed by atoms with E-state index in [2.05, 4.69) is 0 Å². The number of esters is 1. The molecule has 0 bridgehead atoms. The highest BCUT2D eigenvalue weighted by Crippen LogP contribution is 2.22. The highest BCUT2D eigenvalue weighted by molar-refractivity contribution is 6.30. The van der Waals surface area contributed by atoms with Crippen LogP contribution in [0.15, 0.2) is 41.0 Å². The molecule has 25 heavy (non-hydrogen) atoms. The second-order valence-electron chi connectivity index (χ2n) is 5.13. The molecule has 1 N–H and O–H groups in total. The van der Waals surface area contributed by atoms with Gasteiger partial charge < -0.3 is 13.9 Å². The Hall–Kier alpha value is -2.80. The van der Waals surface area contributed by atoms with Gasteiger partial charge in [-0.3, -0.25) is 14.9 Å². The monoisotopic (exact) mass is 365 g/mol. The molecule has 1 heterocycles. The van der Waals surface area contributed by atoms with Gasteiger partial charge in [0.2, 0.25) is 0 Å². The van der Waals surface area contributed by atoms with Crippen LogP contribution in [0.1, 0.15) is 23.0 Å². The van der Waals surface area contributed by atoms with Crippen LogP contribution in [0.5, 0.6) is 5.75 Å². The van der Waals surface area contributed by atoms with Crippen LogP contribution in [0.4, 0.5) is 0 Å². The molecule has 1 aromatic heterocycles. The molecule has 0 saturated heterocycles. The van der Waals surface area contributed by atoms with E-state index in [4.69, 9.17) is 25.5 Å². The van der Waals surface area contributed by atoms with Crippen molar-refractivity contribution < 1.29 is 28.3 Å². The first-order chi connectivity index (χ1) is 11.9. The second kappa shape index (κ2) is 8.34. The number of nitrogens with one attached hydrogen (secondary N) is 1. The average Bonchev–Trinajstić information content (AvgIpc) is 3.09. The molecular weight excluding hydrogens is 350 g/mol. The summed E-state index contributed by atoms with van der Waals surface area (Å²) in [4.78, 5) is 35.1. The Morgan fingerprint density at radius 1 is 1.28 bits per heavy atom. The SMILES string of the molecule is Cc1cc(Cl)ccc1OC(C)C(=O)OCC(=O)NC(=O)c1ccco1. The van der Waals surface area contributed by atoms with Crippen molar-refractivity contribution in [3.05, 3.63) is 52.9 Å². The Labute approximate surface area is 148 Å². The number of aryl methyl sites for hydroxylation is 1. The van der Waals surface area contributed by atoms with Crippen molar-refractivity contribution in [1.82, 2.24) is 5.32 Å². The lowest BCUT2D eigenvalue weighted by Crippen LogP contribution is -2.36. The summed E-state index contributed by atoms with van der Waals surface area (Å²) in [6.45, 7) is 2.66. The van der Waals surface area contributed by atoms with Crippen LogP contribution < -0.4 is 10.1 Å². The number of ether oxygens (including phenoxy) is 2. The molecule has 0 aliphatic rings. The third-order valence-electron chi connectivity index (χ3n) is 3.12. The van der Waals surface area contributed by atoms with Crippen molar-refractivity contribution in [1.29, 1.82) is 0 Å². The largest absolute Gasteiger partial charge is 0.479 e. The van der Waals surface area contributed by atoms with E-state index in [9.17, 15) is 14.4 Å². The van der Waals surface area contributed by atoms with E-state index >= 15 is 0 Å². The molecule has 0 fully saturated rings. The molecule has 1 unspecified atom stereocenters. The molecule has 0 radical (unpaired) electrons. The fourth-order valence-electron chi connectivity index (χ4n) is 1.87. The number of halogens is 1. The van der Waals surface area contributed by atoms with E-state index in [1.54, 1.807) is 25.1 Å². The molecule has 0 aliphatic heterocycles. The first-order valence-corrected chi connectivity index (χ1v) is 7.71. The standard InChI is InChI=1S/C17H16ClNO6/c1-10-8-12(18)5-6-13(10)25-11(2)17(22)24-9-15(20)19-16(21)14-4-3-7-23-14/h3-8,11H,9H2,1-2H3,(H,19,20,21). The molecule has 2 amide bonds. The van der Waals surface area contributed by atoms with Gasteiger partial charge in [-0.15, -0.1) is 0 Å². The van der Waals surface area contributed by atoms with E-state index in [0.29, 0.717) is 10.8 Å². The van der Waals surface area contributed by atoms with Crippen LogP contribution in [-0.4, -0.2) is 30.5 Å². The minimum Gasteiger partial charge on any atom is -0.479 e. The fourth-order valence-corrected chi connectivity index (χ4v) is 2.10. The van der Waals surface area contributed by atoms with Crippen molar-refractivity contribution in [2.24, 2.45) is 0 Å². The summed E-state index contributed by atoms with van der Waals surface area (Å²) in [6.07, 6.45) is 0.366. The Kier molecular flexibility index (Phi) is 6.19. The van der Waals surface area contributed by atoms with Crippen molar-refractivity contribution in [2.75, 3.05) is 6.61 Å². The van der Waals surface area contributed by atoms with E-state index in [1.165, 1.54) is 25.3 Å². The number of hydrogen-bond acceptors (Lipinski definition) is 6. The molecule has 1 aromatic carbocycles. The highest BCUT2D eigenvalue weighted by atomic mass is 35.5. The highest BCUT2D eigenvalue weighted by Gasteiger charge is 2.20. The Morgan fingerprint density at radius 2 is 2.04 bits per heavy atom. The minimum atomic E-state index is -0.937. The molecule has 2 rings (SSSR count). The zero-order valence-corrected chi connectivity index (χ0v) is 14.3. The maximum absolute atomic E-state index is 11.9. The van der Waals surface area contributed by atoms with Gasteiger partial charge >= 0.3 is 5.97 Å². The summed E-state index contributed by atoms with van der Waals surface area (Å²) in [5.41, 5.74) is 0.758. The Morgan fingerprint density at radius 3 is 2.68 bits per heavy atom. The van der Waals surface area contributed by atoms with Gasteiger partial charge in [0.15, 0.2) is 18.5 Å². The minimum absolute atomic E-state index is 0.0189. The average molecular weight is 366 g/mol. The summed E-state index contributed by atoms with van der Waals surface area (Å²) in [5, 5.41) is 2.59. The number of benzene rings is 1. The van der Waals surface area contributed by atoms with E-state index in [0.717, 1.165) is 5.56 Å². The lowest BCUT2D eigenvalue weighted by molar-refractivity contribution is -0.154. The smallest absolute Gasteiger partial charge is 0.347 e. The van der Waals surface area contributed by atoms with Crippen molar-refractivity contribution in [3.63, 3.8) is 0 Å². The molecular formula is C17H16ClNO6. The Bertz CT molecular complexity index is 771.